The highest BCUT2D eigenvalue weighted by Crippen LogP contribution is 2.36. The average molecular weight is 268 g/mol. The van der Waals surface area contributed by atoms with Gasteiger partial charge in [-0.3, -0.25) is 9.59 Å². The van der Waals surface area contributed by atoms with Gasteiger partial charge in [0.2, 0.25) is 5.91 Å². The molecule has 0 radical (unpaired) electrons. The standard InChI is InChI=1S/C12H16N2O3S/c1-7(15)13-12-14-10-8(11(16)17-2)5-3-4-6-9(10)18-12/h8H,3-6H2,1-2H3,(H,13,14,15). The quantitative estimate of drug-likeness (QED) is 0.658. The Morgan fingerprint density at radius 3 is 2.89 bits per heavy atom. The minimum absolute atomic E-state index is 0.145. The highest BCUT2D eigenvalue weighted by Gasteiger charge is 2.29. The van der Waals surface area contributed by atoms with Crippen LogP contribution < -0.4 is 5.32 Å². The van der Waals surface area contributed by atoms with Gasteiger partial charge in [-0.1, -0.05) is 6.42 Å². The van der Waals surface area contributed by atoms with Crippen LogP contribution >= 0.6 is 11.3 Å². The Morgan fingerprint density at radius 2 is 2.22 bits per heavy atom. The molecule has 6 heteroatoms. The molecule has 1 amide bonds. The Labute approximate surface area is 110 Å². The molecule has 2 rings (SSSR count). The van der Waals surface area contributed by atoms with Crippen LogP contribution in [0.5, 0.6) is 0 Å². The maximum Gasteiger partial charge on any atom is 0.314 e. The van der Waals surface area contributed by atoms with Gasteiger partial charge in [0, 0.05) is 11.8 Å². The predicted octanol–water partition coefficient (Wildman–Crippen LogP) is 2.08. The number of carbonyl (C=O) groups excluding carboxylic acids is 2. The van der Waals surface area contributed by atoms with E-state index in [1.165, 1.54) is 25.4 Å². The summed E-state index contributed by atoms with van der Waals surface area (Å²) in [6, 6.07) is 0. The fourth-order valence-corrected chi connectivity index (χ4v) is 3.27. The number of anilines is 1. The topological polar surface area (TPSA) is 68.3 Å². The average Bonchev–Trinajstić information content (AvgIpc) is 2.60. The van der Waals surface area contributed by atoms with E-state index in [1.54, 1.807) is 0 Å². The zero-order valence-corrected chi connectivity index (χ0v) is 11.3. The molecule has 0 spiro atoms. The first kappa shape index (κ1) is 13.0. The number of amides is 1. The number of fused-ring (bicyclic) bond motifs is 1. The highest BCUT2D eigenvalue weighted by molar-refractivity contribution is 7.15. The van der Waals surface area contributed by atoms with Crippen LogP contribution in [0.25, 0.3) is 0 Å². The summed E-state index contributed by atoms with van der Waals surface area (Å²) >= 11 is 1.46. The molecule has 5 nitrogen and oxygen atoms in total. The molecule has 1 atom stereocenters. The number of thiazole rings is 1. The Balaban J connectivity index is 2.31. The molecule has 1 N–H and O–H groups in total. The molecule has 1 heterocycles. The number of rotatable bonds is 2. The van der Waals surface area contributed by atoms with E-state index < -0.39 is 0 Å². The normalized spacial score (nSPS) is 18.7. The number of carbonyl (C=O) groups is 2. The Hall–Kier alpha value is -1.43. The number of nitrogens with zero attached hydrogens (tertiary/aromatic N) is 1. The summed E-state index contributed by atoms with van der Waals surface area (Å²) in [6.07, 6.45) is 3.73. The van der Waals surface area contributed by atoms with Crippen molar-refractivity contribution in [3.63, 3.8) is 0 Å². The third-order valence-corrected chi connectivity index (χ3v) is 4.02. The van der Waals surface area contributed by atoms with Crippen LogP contribution in [0, 0.1) is 0 Å². The summed E-state index contributed by atoms with van der Waals surface area (Å²) in [4.78, 5) is 28.3. The SMILES string of the molecule is COC(=O)C1CCCCc2sc(NC(C)=O)nc21. The molecule has 1 unspecified atom stereocenters. The molecule has 0 saturated heterocycles. The summed E-state index contributed by atoms with van der Waals surface area (Å²) < 4.78 is 4.83. The Morgan fingerprint density at radius 1 is 1.44 bits per heavy atom. The number of aromatic nitrogens is 1. The summed E-state index contributed by atoms with van der Waals surface area (Å²) in [5.41, 5.74) is 0.785. The highest BCUT2D eigenvalue weighted by atomic mass is 32.1. The fraction of sp³-hybridized carbons (Fsp3) is 0.583. The third-order valence-electron chi connectivity index (χ3n) is 2.97. The van der Waals surface area contributed by atoms with Crippen LogP contribution in [0.3, 0.4) is 0 Å². The van der Waals surface area contributed by atoms with Gasteiger partial charge in [-0.25, -0.2) is 4.98 Å². The van der Waals surface area contributed by atoms with Gasteiger partial charge in [-0.15, -0.1) is 11.3 Å². The van der Waals surface area contributed by atoms with Crippen LogP contribution in [-0.2, 0) is 20.7 Å². The van der Waals surface area contributed by atoms with Crippen LogP contribution in [0.4, 0.5) is 5.13 Å². The van der Waals surface area contributed by atoms with Crippen molar-refractivity contribution >= 4 is 28.3 Å². The molecule has 1 aliphatic carbocycles. The zero-order chi connectivity index (χ0) is 13.1. The molecule has 0 saturated carbocycles. The molecular weight excluding hydrogens is 252 g/mol. The number of hydrogen-bond acceptors (Lipinski definition) is 5. The minimum atomic E-state index is -0.286. The number of aryl methyl sites for hydroxylation is 1. The molecule has 0 aromatic carbocycles. The van der Waals surface area contributed by atoms with Gasteiger partial charge in [-0.05, 0) is 19.3 Å². The Kier molecular flexibility index (Phi) is 3.96. The number of esters is 1. The van der Waals surface area contributed by atoms with Gasteiger partial charge in [0.05, 0.1) is 12.8 Å². The zero-order valence-electron chi connectivity index (χ0n) is 10.5. The molecular formula is C12H16N2O3S. The van der Waals surface area contributed by atoms with E-state index in [0.29, 0.717) is 5.13 Å². The van der Waals surface area contributed by atoms with Crippen molar-refractivity contribution in [2.75, 3.05) is 12.4 Å². The molecule has 1 aliphatic rings. The van der Waals surface area contributed by atoms with Crippen LogP contribution in [0.15, 0.2) is 0 Å². The molecule has 98 valence electrons. The van der Waals surface area contributed by atoms with Crippen molar-refractivity contribution in [1.82, 2.24) is 4.98 Å². The van der Waals surface area contributed by atoms with Gasteiger partial charge in [0.1, 0.15) is 5.92 Å². The summed E-state index contributed by atoms with van der Waals surface area (Å²) in [6.45, 7) is 1.45. The summed E-state index contributed by atoms with van der Waals surface area (Å²) in [5, 5.41) is 3.25. The lowest BCUT2D eigenvalue weighted by Gasteiger charge is -2.10. The monoisotopic (exact) mass is 268 g/mol. The van der Waals surface area contributed by atoms with Crippen molar-refractivity contribution in [2.45, 2.75) is 38.5 Å². The number of ether oxygens (including phenoxy) is 1. The van der Waals surface area contributed by atoms with Gasteiger partial charge in [0.15, 0.2) is 5.13 Å². The lowest BCUT2D eigenvalue weighted by Crippen LogP contribution is -2.15. The molecule has 1 aromatic rings. The maximum atomic E-state index is 11.8. The maximum absolute atomic E-state index is 11.8. The fourth-order valence-electron chi connectivity index (χ4n) is 2.16. The van der Waals surface area contributed by atoms with E-state index in [9.17, 15) is 9.59 Å². The van der Waals surface area contributed by atoms with Crippen molar-refractivity contribution < 1.29 is 14.3 Å². The van der Waals surface area contributed by atoms with E-state index in [1.807, 2.05) is 0 Å². The lowest BCUT2D eigenvalue weighted by molar-refractivity contribution is -0.142. The molecule has 0 aliphatic heterocycles. The minimum Gasteiger partial charge on any atom is -0.469 e. The van der Waals surface area contributed by atoms with Crippen LogP contribution in [0.2, 0.25) is 0 Å². The lowest BCUT2D eigenvalue weighted by atomic mass is 10.0. The van der Waals surface area contributed by atoms with Crippen molar-refractivity contribution in [3.8, 4) is 0 Å². The van der Waals surface area contributed by atoms with Gasteiger partial charge in [-0.2, -0.15) is 0 Å². The van der Waals surface area contributed by atoms with E-state index in [4.69, 9.17) is 4.74 Å². The second-order valence-corrected chi connectivity index (χ2v) is 5.41. The summed E-state index contributed by atoms with van der Waals surface area (Å²) in [7, 11) is 1.40. The first-order valence-corrected chi connectivity index (χ1v) is 6.78. The summed E-state index contributed by atoms with van der Waals surface area (Å²) in [5.74, 6) is -0.669. The third kappa shape index (κ3) is 2.69. The first-order chi connectivity index (χ1) is 8.61. The molecule has 0 bridgehead atoms. The van der Waals surface area contributed by atoms with E-state index in [2.05, 4.69) is 10.3 Å². The number of methoxy groups -OCH3 is 1. The van der Waals surface area contributed by atoms with Gasteiger partial charge >= 0.3 is 5.97 Å². The molecule has 1 aromatic heterocycles. The molecule has 18 heavy (non-hydrogen) atoms. The van der Waals surface area contributed by atoms with Crippen LogP contribution in [-0.4, -0.2) is 24.0 Å². The number of hydrogen-bond donors (Lipinski definition) is 1. The number of nitrogens with one attached hydrogen (secondary N) is 1. The van der Waals surface area contributed by atoms with E-state index >= 15 is 0 Å². The van der Waals surface area contributed by atoms with Gasteiger partial charge < -0.3 is 10.1 Å². The second kappa shape index (κ2) is 5.48. The molecule has 0 fully saturated rings. The largest absolute Gasteiger partial charge is 0.469 e. The van der Waals surface area contributed by atoms with Crippen molar-refractivity contribution in [1.29, 1.82) is 0 Å². The van der Waals surface area contributed by atoms with Crippen LogP contribution in [0.1, 0.15) is 42.7 Å². The Bertz CT molecular complexity index is 470. The first-order valence-electron chi connectivity index (χ1n) is 5.97. The van der Waals surface area contributed by atoms with Crippen molar-refractivity contribution in [3.05, 3.63) is 10.6 Å². The second-order valence-electron chi connectivity index (χ2n) is 4.33. The van der Waals surface area contributed by atoms with Gasteiger partial charge in [0.25, 0.3) is 0 Å². The van der Waals surface area contributed by atoms with Crippen molar-refractivity contribution in [2.24, 2.45) is 0 Å². The predicted molar refractivity (Wildman–Crippen MR) is 68.7 cm³/mol. The van der Waals surface area contributed by atoms with E-state index in [-0.39, 0.29) is 17.8 Å². The van der Waals surface area contributed by atoms with E-state index in [0.717, 1.165) is 36.3 Å². The smallest absolute Gasteiger partial charge is 0.314 e.